The highest BCUT2D eigenvalue weighted by Gasteiger charge is 2.25. The van der Waals surface area contributed by atoms with Gasteiger partial charge in [-0.05, 0) is 38.1 Å². The molecule has 1 aliphatic heterocycles. The van der Waals surface area contributed by atoms with E-state index in [0.29, 0.717) is 19.7 Å². The van der Waals surface area contributed by atoms with Crippen molar-refractivity contribution < 1.29 is 13.9 Å². The van der Waals surface area contributed by atoms with Crippen LogP contribution >= 0.6 is 0 Å². The Labute approximate surface area is 173 Å². The average Bonchev–Trinajstić information content (AvgIpc) is 3.17. The minimum atomic E-state index is 0.134. The maximum absolute atomic E-state index is 5.92. The molecule has 0 spiro atoms. The lowest BCUT2D eigenvalue weighted by Gasteiger charge is -2.33. The summed E-state index contributed by atoms with van der Waals surface area (Å²) in [5.74, 6) is 3.52. The van der Waals surface area contributed by atoms with Gasteiger partial charge in [-0.2, -0.15) is 0 Å². The molecule has 1 unspecified atom stereocenters. The van der Waals surface area contributed by atoms with E-state index in [2.05, 4.69) is 33.5 Å². The first-order valence-corrected chi connectivity index (χ1v) is 10.2. The minimum Gasteiger partial charge on any atom is -0.492 e. The maximum atomic E-state index is 5.92. The monoisotopic (exact) mass is 400 g/mol. The Bertz CT molecular complexity index is 767. The highest BCUT2D eigenvalue weighted by molar-refractivity contribution is 5.79. The van der Waals surface area contributed by atoms with Crippen LogP contribution < -0.4 is 15.4 Å². The van der Waals surface area contributed by atoms with E-state index in [0.717, 1.165) is 49.5 Å². The third-order valence-electron chi connectivity index (χ3n) is 4.95. The van der Waals surface area contributed by atoms with Gasteiger partial charge in [0.2, 0.25) is 0 Å². The van der Waals surface area contributed by atoms with Crippen molar-refractivity contribution in [1.82, 2.24) is 15.5 Å². The zero-order valence-corrected chi connectivity index (χ0v) is 17.6. The first-order valence-electron chi connectivity index (χ1n) is 10.2. The van der Waals surface area contributed by atoms with E-state index >= 15 is 0 Å². The van der Waals surface area contributed by atoms with Gasteiger partial charge in [-0.25, -0.2) is 0 Å². The number of nitrogens with one attached hydrogen (secondary N) is 2. The highest BCUT2D eigenvalue weighted by atomic mass is 16.5. The molecule has 29 heavy (non-hydrogen) atoms. The lowest BCUT2D eigenvalue weighted by atomic mass is 10.1. The maximum Gasteiger partial charge on any atom is 0.191 e. The van der Waals surface area contributed by atoms with Gasteiger partial charge in [0.05, 0.1) is 25.8 Å². The number of aryl methyl sites for hydroxylation is 2. The van der Waals surface area contributed by atoms with E-state index in [-0.39, 0.29) is 6.04 Å². The summed E-state index contributed by atoms with van der Waals surface area (Å²) < 4.78 is 17.2. The van der Waals surface area contributed by atoms with E-state index in [9.17, 15) is 0 Å². The van der Waals surface area contributed by atoms with Crippen molar-refractivity contribution in [2.24, 2.45) is 4.99 Å². The molecule has 158 valence electrons. The molecule has 0 aliphatic carbocycles. The third-order valence-corrected chi connectivity index (χ3v) is 4.95. The van der Waals surface area contributed by atoms with Crippen molar-refractivity contribution in [3.8, 4) is 5.75 Å². The number of nitrogens with zero attached hydrogens (tertiary/aromatic N) is 2. The molecule has 2 aromatic rings. The van der Waals surface area contributed by atoms with Crippen LogP contribution in [0.4, 0.5) is 0 Å². The molecular weight excluding hydrogens is 368 g/mol. The molecule has 0 bridgehead atoms. The summed E-state index contributed by atoms with van der Waals surface area (Å²) in [6.07, 6.45) is 0. The van der Waals surface area contributed by atoms with Crippen LogP contribution in [0, 0.1) is 13.8 Å². The lowest BCUT2D eigenvalue weighted by molar-refractivity contribution is 0.0124. The summed E-state index contributed by atoms with van der Waals surface area (Å²) in [7, 11) is 1.77. The molecule has 0 amide bonds. The van der Waals surface area contributed by atoms with Crippen LogP contribution in [0.1, 0.15) is 23.1 Å². The first kappa shape index (κ1) is 21.2. The summed E-state index contributed by atoms with van der Waals surface area (Å²) in [4.78, 5) is 6.72. The largest absolute Gasteiger partial charge is 0.492 e. The molecule has 1 aromatic carbocycles. The number of rotatable bonds is 8. The number of furan rings is 1. The minimum absolute atomic E-state index is 0.134. The highest BCUT2D eigenvalue weighted by Crippen LogP contribution is 2.23. The number of hydrogen-bond donors (Lipinski definition) is 2. The van der Waals surface area contributed by atoms with Crippen molar-refractivity contribution in [1.29, 1.82) is 0 Å². The number of benzene rings is 1. The predicted octanol–water partition coefficient (Wildman–Crippen LogP) is 2.51. The molecule has 2 N–H and O–H groups in total. The van der Waals surface area contributed by atoms with Crippen LogP contribution in [-0.2, 0) is 4.74 Å². The van der Waals surface area contributed by atoms with Gasteiger partial charge < -0.3 is 24.5 Å². The number of hydrogen-bond acceptors (Lipinski definition) is 5. The standard InChI is InChI=1S/C22H32N4O3/c1-17-4-7-19(8-5-17)28-13-10-24-22(23-3)25-16-20(21-9-6-18(2)29-21)26-11-14-27-15-12-26/h4-9,20H,10-16H2,1-3H3,(H2,23,24,25). The molecule has 1 atom stereocenters. The van der Waals surface area contributed by atoms with Crippen LogP contribution in [0.3, 0.4) is 0 Å². The second-order valence-electron chi connectivity index (χ2n) is 7.15. The number of aliphatic imine (C=N–C) groups is 1. The van der Waals surface area contributed by atoms with Gasteiger partial charge in [0.15, 0.2) is 5.96 Å². The van der Waals surface area contributed by atoms with Crippen LogP contribution in [0.5, 0.6) is 5.75 Å². The van der Waals surface area contributed by atoms with Gasteiger partial charge in [0, 0.05) is 26.7 Å². The average molecular weight is 401 g/mol. The fourth-order valence-corrected chi connectivity index (χ4v) is 3.32. The van der Waals surface area contributed by atoms with Crippen molar-refractivity contribution in [2.45, 2.75) is 19.9 Å². The Morgan fingerprint density at radius 2 is 1.86 bits per heavy atom. The fraction of sp³-hybridized carbons (Fsp3) is 0.500. The van der Waals surface area contributed by atoms with Crippen LogP contribution in [-0.4, -0.2) is 63.9 Å². The molecule has 1 aromatic heterocycles. The predicted molar refractivity (Wildman–Crippen MR) is 115 cm³/mol. The smallest absolute Gasteiger partial charge is 0.191 e. The van der Waals surface area contributed by atoms with E-state index < -0.39 is 0 Å². The van der Waals surface area contributed by atoms with Crippen LogP contribution in [0.25, 0.3) is 0 Å². The van der Waals surface area contributed by atoms with Gasteiger partial charge >= 0.3 is 0 Å². The molecule has 2 heterocycles. The second kappa shape index (κ2) is 10.9. The molecule has 1 saturated heterocycles. The Kier molecular flexibility index (Phi) is 7.95. The van der Waals surface area contributed by atoms with Gasteiger partial charge in [-0.15, -0.1) is 0 Å². The molecule has 7 nitrogen and oxygen atoms in total. The molecule has 0 saturated carbocycles. The summed E-state index contributed by atoms with van der Waals surface area (Å²) in [5.41, 5.74) is 1.22. The zero-order chi connectivity index (χ0) is 20.5. The van der Waals surface area contributed by atoms with Crippen molar-refractivity contribution in [3.05, 3.63) is 53.5 Å². The van der Waals surface area contributed by atoms with E-state index in [1.54, 1.807) is 7.05 Å². The van der Waals surface area contributed by atoms with Crippen molar-refractivity contribution >= 4 is 5.96 Å². The fourth-order valence-electron chi connectivity index (χ4n) is 3.32. The first-order chi connectivity index (χ1) is 14.2. The van der Waals surface area contributed by atoms with Crippen molar-refractivity contribution in [3.63, 3.8) is 0 Å². The topological polar surface area (TPSA) is 71.3 Å². The Balaban J connectivity index is 1.48. The Morgan fingerprint density at radius 1 is 1.10 bits per heavy atom. The summed E-state index contributed by atoms with van der Waals surface area (Å²) in [6.45, 7) is 9.25. The normalized spacial score (nSPS) is 16.4. The quantitative estimate of drug-likeness (QED) is 0.403. The van der Waals surface area contributed by atoms with Gasteiger partial charge in [-0.1, -0.05) is 17.7 Å². The molecule has 7 heteroatoms. The Morgan fingerprint density at radius 3 is 2.52 bits per heavy atom. The molecule has 1 aliphatic rings. The Hall–Kier alpha value is -2.51. The SMILES string of the molecule is CN=C(NCCOc1ccc(C)cc1)NCC(c1ccc(C)o1)N1CCOCC1. The number of morpholine rings is 1. The van der Waals surface area contributed by atoms with E-state index in [1.807, 2.05) is 37.3 Å². The number of ether oxygens (including phenoxy) is 2. The van der Waals surface area contributed by atoms with Crippen molar-refractivity contribution in [2.75, 3.05) is 53.0 Å². The third kappa shape index (κ3) is 6.51. The van der Waals surface area contributed by atoms with E-state index in [4.69, 9.17) is 13.9 Å². The summed E-state index contributed by atoms with van der Waals surface area (Å²) >= 11 is 0. The lowest BCUT2D eigenvalue weighted by Crippen LogP contribution is -2.46. The van der Waals surface area contributed by atoms with E-state index in [1.165, 1.54) is 5.56 Å². The van der Waals surface area contributed by atoms with Gasteiger partial charge in [0.25, 0.3) is 0 Å². The molecule has 1 fully saturated rings. The zero-order valence-electron chi connectivity index (χ0n) is 17.6. The van der Waals surface area contributed by atoms with Crippen LogP contribution in [0.2, 0.25) is 0 Å². The van der Waals surface area contributed by atoms with Crippen LogP contribution in [0.15, 0.2) is 45.8 Å². The molecule has 3 rings (SSSR count). The number of guanidine groups is 1. The molecular formula is C22H32N4O3. The molecule has 0 radical (unpaired) electrons. The second-order valence-corrected chi connectivity index (χ2v) is 7.15. The van der Waals surface area contributed by atoms with Gasteiger partial charge in [-0.3, -0.25) is 9.89 Å². The van der Waals surface area contributed by atoms with Gasteiger partial charge in [0.1, 0.15) is 23.9 Å². The summed E-state index contributed by atoms with van der Waals surface area (Å²) in [5, 5.41) is 6.73. The summed E-state index contributed by atoms with van der Waals surface area (Å²) in [6, 6.07) is 12.3.